The summed E-state index contributed by atoms with van der Waals surface area (Å²) in [5.41, 5.74) is 14.8. The molecule has 9 rings (SSSR count). The molecule has 2 heterocycles. The predicted octanol–water partition coefficient (Wildman–Crippen LogP) is 11.4. The first-order valence-electron chi connectivity index (χ1n) is 17.7. The number of pyridine rings is 1. The first-order chi connectivity index (χ1) is 25.9. The molecular formula is C48H33N5. The fraction of sp³-hybridized carbons (Fsp3) is 0.0625. The van der Waals surface area contributed by atoms with Gasteiger partial charge >= 0.3 is 0 Å². The van der Waals surface area contributed by atoms with Crippen LogP contribution in [-0.4, -0.2) is 19.9 Å². The Kier molecular flexibility index (Phi) is 7.79. The van der Waals surface area contributed by atoms with Crippen LogP contribution >= 0.6 is 0 Å². The topological polar surface area (TPSA) is 75.3 Å². The lowest BCUT2D eigenvalue weighted by atomic mass is 9.81. The normalized spacial score (nSPS) is 12.5. The highest BCUT2D eigenvalue weighted by Gasteiger charge is 2.35. The molecule has 0 N–H and O–H groups in total. The van der Waals surface area contributed by atoms with Gasteiger partial charge in [-0.3, -0.25) is 4.98 Å². The highest BCUT2D eigenvalue weighted by Crippen LogP contribution is 2.50. The zero-order chi connectivity index (χ0) is 35.9. The Morgan fingerprint density at radius 1 is 0.415 bits per heavy atom. The van der Waals surface area contributed by atoms with Gasteiger partial charge in [0.05, 0.1) is 11.6 Å². The second kappa shape index (κ2) is 12.9. The molecule has 0 spiro atoms. The average Bonchev–Trinajstić information content (AvgIpc) is 3.46. The lowest BCUT2D eigenvalue weighted by Crippen LogP contribution is -2.15. The lowest BCUT2D eigenvalue weighted by Gasteiger charge is -2.22. The van der Waals surface area contributed by atoms with E-state index in [2.05, 4.69) is 104 Å². The van der Waals surface area contributed by atoms with Crippen LogP contribution in [0.1, 0.15) is 30.5 Å². The van der Waals surface area contributed by atoms with Crippen molar-refractivity contribution in [2.45, 2.75) is 19.3 Å². The summed E-state index contributed by atoms with van der Waals surface area (Å²) >= 11 is 0. The Morgan fingerprint density at radius 2 is 0.849 bits per heavy atom. The first-order valence-corrected chi connectivity index (χ1v) is 17.7. The van der Waals surface area contributed by atoms with Crippen molar-refractivity contribution in [2.24, 2.45) is 0 Å². The Labute approximate surface area is 309 Å². The minimum Gasteiger partial charge on any atom is -0.265 e. The van der Waals surface area contributed by atoms with Crippen molar-refractivity contribution >= 4 is 0 Å². The molecule has 0 atom stereocenters. The molecule has 8 aromatic rings. The molecule has 0 amide bonds. The zero-order valence-corrected chi connectivity index (χ0v) is 29.3. The molecule has 0 radical (unpaired) electrons. The summed E-state index contributed by atoms with van der Waals surface area (Å²) in [4.78, 5) is 19.0. The van der Waals surface area contributed by atoms with Crippen molar-refractivity contribution in [3.8, 4) is 84.7 Å². The van der Waals surface area contributed by atoms with Crippen molar-refractivity contribution < 1.29 is 0 Å². The molecule has 1 aliphatic carbocycles. The van der Waals surface area contributed by atoms with Crippen LogP contribution in [0.25, 0.3) is 78.7 Å². The van der Waals surface area contributed by atoms with Gasteiger partial charge in [0.2, 0.25) is 0 Å². The average molecular weight is 680 g/mol. The van der Waals surface area contributed by atoms with E-state index in [4.69, 9.17) is 15.0 Å². The minimum absolute atomic E-state index is 0.231. The van der Waals surface area contributed by atoms with Crippen LogP contribution in [0.2, 0.25) is 0 Å². The SMILES string of the molecule is CC1(C)c2cc(C#N)ccc2-c2ccc(-c3cc(-c4ccncc4)cc(-c4ccc(-c5nc(-c6ccccc6)nc(-c6ccccc6)n5)cc4)c3)cc21. The summed E-state index contributed by atoms with van der Waals surface area (Å²) < 4.78 is 0. The van der Waals surface area contributed by atoms with E-state index in [1.807, 2.05) is 85.2 Å². The van der Waals surface area contributed by atoms with Gasteiger partial charge < -0.3 is 0 Å². The first kappa shape index (κ1) is 31.9. The zero-order valence-electron chi connectivity index (χ0n) is 29.3. The molecule has 5 nitrogen and oxygen atoms in total. The lowest BCUT2D eigenvalue weighted by molar-refractivity contribution is 0.660. The second-order valence-corrected chi connectivity index (χ2v) is 13.9. The third-order valence-corrected chi connectivity index (χ3v) is 10.3. The molecule has 0 saturated carbocycles. The second-order valence-electron chi connectivity index (χ2n) is 13.9. The maximum absolute atomic E-state index is 9.61. The van der Waals surface area contributed by atoms with Gasteiger partial charge in [-0.2, -0.15) is 5.26 Å². The van der Waals surface area contributed by atoms with E-state index in [1.165, 1.54) is 22.3 Å². The molecule has 0 saturated heterocycles. The standard InChI is InChI=1S/C48H33N5/c1-48(2)43-25-31(30-49)13-19-41(43)42-20-18-37(29-44(42)48)40-27-38(26-39(28-40)33-21-23-50-24-22-33)32-14-16-36(17-15-32)47-52-45(34-9-5-3-6-10-34)51-46(53-47)35-11-7-4-8-12-35/h3-29H,1-2H3. The summed E-state index contributed by atoms with van der Waals surface area (Å²) in [7, 11) is 0. The highest BCUT2D eigenvalue weighted by molar-refractivity contribution is 5.87. The van der Waals surface area contributed by atoms with Crippen LogP contribution in [0.4, 0.5) is 0 Å². The van der Waals surface area contributed by atoms with Gasteiger partial charge in [-0.05, 0) is 104 Å². The molecular weight excluding hydrogens is 647 g/mol. The van der Waals surface area contributed by atoms with E-state index in [1.54, 1.807) is 0 Å². The van der Waals surface area contributed by atoms with E-state index in [9.17, 15) is 5.26 Å². The van der Waals surface area contributed by atoms with Crippen molar-refractivity contribution in [3.63, 3.8) is 0 Å². The van der Waals surface area contributed by atoms with Crippen LogP contribution in [0.5, 0.6) is 0 Å². The molecule has 0 aliphatic heterocycles. The van der Waals surface area contributed by atoms with Gasteiger partial charge in [0.25, 0.3) is 0 Å². The largest absolute Gasteiger partial charge is 0.265 e. The Morgan fingerprint density at radius 3 is 1.40 bits per heavy atom. The van der Waals surface area contributed by atoms with Gasteiger partial charge in [-0.25, -0.2) is 15.0 Å². The summed E-state index contributed by atoms with van der Waals surface area (Å²) in [6, 6.07) is 54.6. The molecule has 250 valence electrons. The number of hydrogen-bond acceptors (Lipinski definition) is 5. The molecule has 1 aliphatic rings. The van der Waals surface area contributed by atoms with Crippen LogP contribution in [0, 0.1) is 11.3 Å². The van der Waals surface area contributed by atoms with Crippen molar-refractivity contribution in [3.05, 3.63) is 181 Å². The summed E-state index contributed by atoms with van der Waals surface area (Å²) in [5.74, 6) is 1.90. The molecule has 0 unspecified atom stereocenters. The van der Waals surface area contributed by atoms with E-state index in [0.29, 0.717) is 23.0 Å². The summed E-state index contributed by atoms with van der Waals surface area (Å²) in [6.07, 6.45) is 3.67. The van der Waals surface area contributed by atoms with Crippen LogP contribution < -0.4 is 0 Å². The third-order valence-electron chi connectivity index (χ3n) is 10.3. The van der Waals surface area contributed by atoms with Crippen LogP contribution in [-0.2, 0) is 5.41 Å². The number of fused-ring (bicyclic) bond motifs is 3. The fourth-order valence-corrected chi connectivity index (χ4v) is 7.41. The Bertz CT molecular complexity index is 2620. The van der Waals surface area contributed by atoms with Gasteiger partial charge in [0.15, 0.2) is 17.5 Å². The Balaban J connectivity index is 1.13. The van der Waals surface area contributed by atoms with Crippen LogP contribution in [0.15, 0.2) is 164 Å². The fourth-order valence-electron chi connectivity index (χ4n) is 7.41. The summed E-state index contributed by atoms with van der Waals surface area (Å²) in [6.45, 7) is 4.50. The third kappa shape index (κ3) is 5.87. The molecule has 2 aromatic heterocycles. The van der Waals surface area contributed by atoms with Gasteiger partial charge in [0.1, 0.15) is 0 Å². The molecule has 5 heteroatoms. The smallest absolute Gasteiger partial charge is 0.164 e. The van der Waals surface area contributed by atoms with Crippen molar-refractivity contribution in [2.75, 3.05) is 0 Å². The van der Waals surface area contributed by atoms with E-state index < -0.39 is 0 Å². The Hall–Kier alpha value is -7.03. The van der Waals surface area contributed by atoms with Crippen molar-refractivity contribution in [1.82, 2.24) is 19.9 Å². The number of hydrogen-bond donors (Lipinski definition) is 0. The minimum atomic E-state index is -0.231. The predicted molar refractivity (Wildman–Crippen MR) is 213 cm³/mol. The molecule has 0 fully saturated rings. The summed E-state index contributed by atoms with van der Waals surface area (Å²) in [5, 5.41) is 9.61. The molecule has 0 bridgehead atoms. The van der Waals surface area contributed by atoms with Gasteiger partial charge in [-0.15, -0.1) is 0 Å². The van der Waals surface area contributed by atoms with Crippen LogP contribution in [0.3, 0.4) is 0 Å². The number of rotatable bonds is 6. The van der Waals surface area contributed by atoms with E-state index >= 15 is 0 Å². The number of nitriles is 1. The number of benzene rings is 6. The van der Waals surface area contributed by atoms with Gasteiger partial charge in [0, 0.05) is 34.5 Å². The van der Waals surface area contributed by atoms with E-state index in [0.717, 1.165) is 50.1 Å². The van der Waals surface area contributed by atoms with E-state index in [-0.39, 0.29) is 5.41 Å². The van der Waals surface area contributed by atoms with Crippen molar-refractivity contribution in [1.29, 1.82) is 5.26 Å². The molecule has 53 heavy (non-hydrogen) atoms. The number of nitrogens with zero attached hydrogens (tertiary/aromatic N) is 5. The van der Waals surface area contributed by atoms with Gasteiger partial charge in [-0.1, -0.05) is 117 Å². The highest BCUT2D eigenvalue weighted by atomic mass is 15.0. The quantitative estimate of drug-likeness (QED) is 0.175. The monoisotopic (exact) mass is 679 g/mol. The molecule has 6 aromatic carbocycles. The number of aromatic nitrogens is 4. The maximum atomic E-state index is 9.61. The maximum Gasteiger partial charge on any atom is 0.164 e.